The van der Waals surface area contributed by atoms with E-state index < -0.39 is 0 Å². The fraction of sp³-hybridized carbons (Fsp3) is 0.545. The van der Waals surface area contributed by atoms with E-state index in [1.165, 1.54) is 6.33 Å². The lowest BCUT2D eigenvalue weighted by atomic mass is 10.1. The first-order chi connectivity index (χ1) is 7.95. The summed E-state index contributed by atoms with van der Waals surface area (Å²) in [6, 6.07) is 0. The molecule has 17 heavy (non-hydrogen) atoms. The van der Waals surface area contributed by atoms with Gasteiger partial charge in [0, 0.05) is 0 Å². The first-order valence-electron chi connectivity index (χ1n) is 5.57. The minimum atomic E-state index is -0.186. The second kappa shape index (κ2) is 3.87. The number of nitrogens with zero attached hydrogens (tertiary/aromatic N) is 4. The molecule has 0 fully saturated rings. The maximum Gasteiger partial charge on any atom is 0.246 e. The predicted octanol–water partition coefficient (Wildman–Crippen LogP) is 1.56. The van der Waals surface area contributed by atoms with Crippen molar-refractivity contribution in [2.24, 2.45) is 0 Å². The van der Waals surface area contributed by atoms with Gasteiger partial charge in [0.25, 0.3) is 0 Å². The molecule has 0 radical (unpaired) electrons. The molecule has 0 atom stereocenters. The quantitative estimate of drug-likeness (QED) is 0.854. The molecule has 2 aromatic heterocycles. The second-order valence-corrected chi connectivity index (χ2v) is 4.78. The van der Waals surface area contributed by atoms with Crippen LogP contribution in [0.25, 0.3) is 11.0 Å². The van der Waals surface area contributed by atoms with E-state index in [4.69, 9.17) is 10.5 Å². The Morgan fingerprint density at radius 1 is 1.35 bits per heavy atom. The summed E-state index contributed by atoms with van der Waals surface area (Å²) in [5, 5.41) is 5.11. The Kier molecular flexibility index (Phi) is 2.65. The largest absolute Gasteiger partial charge is 0.476 e. The molecule has 92 valence electrons. The molecule has 0 saturated heterocycles. The number of rotatable bonds is 2. The van der Waals surface area contributed by atoms with Crippen LogP contribution < -0.4 is 10.5 Å². The van der Waals surface area contributed by atoms with E-state index in [0.29, 0.717) is 29.3 Å². The fourth-order valence-electron chi connectivity index (χ4n) is 1.65. The van der Waals surface area contributed by atoms with E-state index in [2.05, 4.69) is 15.1 Å². The van der Waals surface area contributed by atoms with E-state index in [1.807, 2.05) is 32.4 Å². The van der Waals surface area contributed by atoms with Crippen LogP contribution in [0.2, 0.25) is 0 Å². The monoisotopic (exact) mass is 235 g/mol. The first-order valence-corrected chi connectivity index (χ1v) is 5.57. The predicted molar refractivity (Wildman–Crippen MR) is 65.9 cm³/mol. The Bertz CT molecular complexity index is 541. The molecular formula is C11H17N5O. The van der Waals surface area contributed by atoms with Gasteiger partial charge in [-0.2, -0.15) is 0 Å². The fourth-order valence-corrected chi connectivity index (χ4v) is 1.65. The zero-order chi connectivity index (χ0) is 12.6. The molecule has 6 heteroatoms. The van der Waals surface area contributed by atoms with Crippen molar-refractivity contribution in [3.63, 3.8) is 0 Å². The van der Waals surface area contributed by atoms with Crippen LogP contribution in [0, 0.1) is 0 Å². The van der Waals surface area contributed by atoms with Crippen molar-refractivity contribution in [1.29, 1.82) is 0 Å². The van der Waals surface area contributed by atoms with Gasteiger partial charge in [-0.15, -0.1) is 5.10 Å². The number of anilines is 1. The van der Waals surface area contributed by atoms with E-state index in [0.717, 1.165) is 0 Å². The number of nitrogen functional groups attached to an aromatic ring is 1. The smallest absolute Gasteiger partial charge is 0.246 e. The maximum absolute atomic E-state index is 5.86. The van der Waals surface area contributed by atoms with Crippen LogP contribution in [0.3, 0.4) is 0 Å². The SMILES string of the molecule is CCOc1nn(C(C)(C)C)c2ncnc(N)c12. The zero-order valence-corrected chi connectivity index (χ0v) is 10.6. The summed E-state index contributed by atoms with van der Waals surface area (Å²) in [6.07, 6.45) is 1.44. The highest BCUT2D eigenvalue weighted by Gasteiger charge is 2.23. The van der Waals surface area contributed by atoms with Crippen molar-refractivity contribution in [2.75, 3.05) is 12.3 Å². The van der Waals surface area contributed by atoms with E-state index in [9.17, 15) is 0 Å². The Labute approximate surface area is 99.8 Å². The number of nitrogens with two attached hydrogens (primary N) is 1. The minimum Gasteiger partial charge on any atom is -0.476 e. The Hall–Kier alpha value is -1.85. The van der Waals surface area contributed by atoms with Crippen molar-refractivity contribution in [3.05, 3.63) is 6.33 Å². The van der Waals surface area contributed by atoms with Crippen LogP contribution in [0.4, 0.5) is 5.82 Å². The summed E-state index contributed by atoms with van der Waals surface area (Å²) in [6.45, 7) is 8.58. The molecule has 6 nitrogen and oxygen atoms in total. The molecule has 0 spiro atoms. The standard InChI is InChI=1S/C11H17N5O/c1-5-17-10-7-8(12)13-6-14-9(7)16(15-10)11(2,3)4/h6H,5H2,1-4H3,(H2,12,13,14). The molecule has 2 aromatic rings. The third kappa shape index (κ3) is 1.90. The molecular weight excluding hydrogens is 218 g/mol. The second-order valence-electron chi connectivity index (χ2n) is 4.78. The molecule has 2 rings (SSSR count). The highest BCUT2D eigenvalue weighted by molar-refractivity contribution is 5.90. The van der Waals surface area contributed by atoms with E-state index >= 15 is 0 Å². The molecule has 0 amide bonds. The molecule has 0 aliphatic rings. The average Bonchev–Trinajstić information content (AvgIpc) is 2.59. The van der Waals surface area contributed by atoms with Gasteiger partial charge < -0.3 is 10.5 Å². The summed E-state index contributed by atoms with van der Waals surface area (Å²) in [5.41, 5.74) is 6.38. The lowest BCUT2D eigenvalue weighted by molar-refractivity contribution is 0.303. The summed E-state index contributed by atoms with van der Waals surface area (Å²) in [5.74, 6) is 0.893. The average molecular weight is 235 g/mol. The van der Waals surface area contributed by atoms with Gasteiger partial charge in [0.1, 0.15) is 17.5 Å². The van der Waals surface area contributed by atoms with Crippen molar-refractivity contribution < 1.29 is 4.74 Å². The van der Waals surface area contributed by atoms with Crippen molar-refractivity contribution in [1.82, 2.24) is 19.7 Å². The topological polar surface area (TPSA) is 78.8 Å². The van der Waals surface area contributed by atoms with Crippen molar-refractivity contribution in [3.8, 4) is 5.88 Å². The van der Waals surface area contributed by atoms with Gasteiger partial charge in [-0.3, -0.25) is 0 Å². The number of hydrogen-bond donors (Lipinski definition) is 1. The number of aromatic nitrogens is 4. The first kappa shape index (κ1) is 11.6. The van der Waals surface area contributed by atoms with Crippen molar-refractivity contribution >= 4 is 16.9 Å². The highest BCUT2D eigenvalue weighted by atomic mass is 16.5. The number of ether oxygens (including phenoxy) is 1. The third-order valence-corrected chi connectivity index (χ3v) is 2.38. The molecule has 2 heterocycles. The van der Waals surface area contributed by atoms with Crippen LogP contribution in [-0.2, 0) is 5.54 Å². The van der Waals surface area contributed by atoms with Crippen LogP contribution >= 0.6 is 0 Å². The van der Waals surface area contributed by atoms with Gasteiger partial charge in [-0.1, -0.05) is 0 Å². The van der Waals surface area contributed by atoms with Gasteiger partial charge in [-0.05, 0) is 27.7 Å². The highest BCUT2D eigenvalue weighted by Crippen LogP contribution is 2.30. The molecule has 0 saturated carbocycles. The normalized spacial score (nSPS) is 12.0. The summed E-state index contributed by atoms with van der Waals surface area (Å²) < 4.78 is 7.29. The summed E-state index contributed by atoms with van der Waals surface area (Å²) >= 11 is 0. The Morgan fingerprint density at radius 3 is 2.65 bits per heavy atom. The molecule has 0 aliphatic carbocycles. The van der Waals surface area contributed by atoms with Crippen LogP contribution in [-0.4, -0.2) is 26.4 Å². The van der Waals surface area contributed by atoms with Gasteiger partial charge in [0.2, 0.25) is 5.88 Å². The van der Waals surface area contributed by atoms with E-state index in [-0.39, 0.29) is 5.54 Å². The van der Waals surface area contributed by atoms with Gasteiger partial charge in [0.05, 0.1) is 12.1 Å². The number of fused-ring (bicyclic) bond motifs is 1. The zero-order valence-electron chi connectivity index (χ0n) is 10.6. The molecule has 0 bridgehead atoms. The molecule has 0 aromatic carbocycles. The summed E-state index contributed by atoms with van der Waals surface area (Å²) in [4.78, 5) is 8.22. The Morgan fingerprint density at radius 2 is 2.06 bits per heavy atom. The lowest BCUT2D eigenvalue weighted by Gasteiger charge is -2.19. The lowest BCUT2D eigenvalue weighted by Crippen LogP contribution is -2.23. The van der Waals surface area contributed by atoms with Gasteiger partial charge >= 0.3 is 0 Å². The molecule has 0 aliphatic heterocycles. The van der Waals surface area contributed by atoms with Crippen LogP contribution in [0.15, 0.2) is 6.33 Å². The number of hydrogen-bond acceptors (Lipinski definition) is 5. The third-order valence-electron chi connectivity index (χ3n) is 2.38. The summed E-state index contributed by atoms with van der Waals surface area (Å²) in [7, 11) is 0. The van der Waals surface area contributed by atoms with Crippen molar-refractivity contribution in [2.45, 2.75) is 33.2 Å². The van der Waals surface area contributed by atoms with E-state index in [1.54, 1.807) is 0 Å². The van der Waals surface area contributed by atoms with Crippen LogP contribution in [0.5, 0.6) is 5.88 Å². The van der Waals surface area contributed by atoms with Gasteiger partial charge in [-0.25, -0.2) is 14.6 Å². The molecule has 2 N–H and O–H groups in total. The van der Waals surface area contributed by atoms with Crippen LogP contribution in [0.1, 0.15) is 27.7 Å². The molecule has 0 unspecified atom stereocenters. The maximum atomic E-state index is 5.86. The minimum absolute atomic E-state index is 0.186. The Balaban J connectivity index is 2.75. The van der Waals surface area contributed by atoms with Gasteiger partial charge in [0.15, 0.2) is 5.65 Å².